The van der Waals surface area contributed by atoms with Crippen LogP contribution in [-0.2, 0) is 27.5 Å². The predicted octanol–water partition coefficient (Wildman–Crippen LogP) is 3.73. The number of non-ortho nitro benzene ring substituents is 1. The van der Waals surface area contributed by atoms with E-state index in [4.69, 9.17) is 5.11 Å². The van der Waals surface area contributed by atoms with Gasteiger partial charge in [0.2, 0.25) is 0 Å². The van der Waals surface area contributed by atoms with Gasteiger partial charge in [-0.15, -0.1) is 5.11 Å². The number of hydrogen-bond donors (Lipinski definition) is 1. The second-order valence-corrected chi connectivity index (χ2v) is 10.4. The molecular weight excluding hydrogens is 678 g/mol. The van der Waals surface area contributed by atoms with Crippen molar-refractivity contribution in [3.63, 3.8) is 0 Å². The van der Waals surface area contributed by atoms with Gasteiger partial charge in [-0.05, 0) is 49.4 Å². The SMILES string of the molecule is Cc1nn(-c2ccccc2)c([O-])c1N=Nc1cc([N+](=O)[O-])ccc1[O-].O=S(=O)([O-])c1ccc([O-])c(N=Nc2ccc(O)cc2[O-])c1.[Cr+3].[H+].[H+]. The number of rotatable bonds is 7. The Hall–Kier alpha value is -5.87. The number of benzene rings is 4. The van der Waals surface area contributed by atoms with E-state index in [1.165, 1.54) is 16.8 Å². The third-order valence-electron chi connectivity index (χ3n) is 5.83. The maximum absolute atomic E-state index is 12.4. The standard InChI is InChI=1S/C16H13N5O4.C12H10N2O6S.Cr/c1-10-15(16(23)20(19-10)11-5-3-2-4-6-11)18-17-13-9-12(21(24)25)7-8-14(13)22;15-7-1-3-9(12(17)5-7)13-14-10-6-8(21(18,19)20)2-4-11(10)16;/h2-9,22-23H,1H3;1-6,15-17H,(H,18,19,20);/q;;+3/p-3. The zero-order chi connectivity index (χ0) is 33.6. The van der Waals surface area contributed by atoms with Crippen molar-refractivity contribution in [2.24, 2.45) is 20.5 Å². The number of nitro benzene ring substituents is 1. The molecular formula is C28H20CrN7O10S. The van der Waals surface area contributed by atoms with Gasteiger partial charge >= 0.3 is 20.2 Å². The van der Waals surface area contributed by atoms with Crippen molar-refractivity contribution < 1.29 is 63.6 Å². The topological polar surface area (TPSA) is 280 Å². The first kappa shape index (κ1) is 35.6. The molecule has 0 aliphatic heterocycles. The molecule has 4 aromatic carbocycles. The number of aromatic hydroxyl groups is 1. The summed E-state index contributed by atoms with van der Waals surface area (Å²) in [6.45, 7) is 1.58. The molecule has 239 valence electrons. The third-order valence-corrected chi connectivity index (χ3v) is 6.66. The average Bonchev–Trinajstić information content (AvgIpc) is 3.29. The van der Waals surface area contributed by atoms with Crippen molar-refractivity contribution in [1.82, 2.24) is 9.78 Å². The van der Waals surface area contributed by atoms with Gasteiger partial charge in [-0.25, -0.2) is 13.1 Å². The molecule has 0 spiro atoms. The summed E-state index contributed by atoms with van der Waals surface area (Å²) in [4.78, 5) is 9.51. The zero-order valence-corrected chi connectivity index (χ0v) is 25.7. The first-order chi connectivity index (χ1) is 21.7. The molecule has 1 heterocycles. The van der Waals surface area contributed by atoms with Crippen molar-refractivity contribution in [2.45, 2.75) is 11.8 Å². The van der Waals surface area contributed by atoms with Crippen LogP contribution >= 0.6 is 0 Å². The third kappa shape index (κ3) is 8.87. The van der Waals surface area contributed by atoms with Crippen molar-refractivity contribution >= 4 is 38.6 Å². The Kier molecular flexibility index (Phi) is 11.3. The minimum Gasteiger partial charge on any atom is -0.871 e. The average molecular weight is 699 g/mol. The van der Waals surface area contributed by atoms with Crippen LogP contribution in [0.3, 0.4) is 0 Å². The van der Waals surface area contributed by atoms with E-state index in [-0.39, 0.29) is 54.4 Å². The quantitative estimate of drug-likeness (QED) is 0.111. The fraction of sp³-hybridized carbons (Fsp3) is 0.0357. The molecule has 0 atom stereocenters. The molecule has 0 aliphatic carbocycles. The van der Waals surface area contributed by atoms with E-state index in [1.54, 1.807) is 31.2 Å². The molecule has 5 rings (SSSR count). The molecule has 17 nitrogen and oxygen atoms in total. The van der Waals surface area contributed by atoms with E-state index in [0.29, 0.717) is 11.4 Å². The van der Waals surface area contributed by atoms with Gasteiger partial charge in [0, 0.05) is 18.0 Å². The molecule has 0 unspecified atom stereocenters. The summed E-state index contributed by atoms with van der Waals surface area (Å²) < 4.78 is 33.7. The molecule has 0 saturated carbocycles. The number of nitrogens with zero attached hydrogens (tertiary/aromatic N) is 7. The molecule has 0 amide bonds. The Morgan fingerprint density at radius 3 is 2.00 bits per heavy atom. The maximum atomic E-state index is 12.4. The first-order valence-electron chi connectivity index (χ1n) is 12.6. The van der Waals surface area contributed by atoms with Crippen LogP contribution in [0.5, 0.6) is 28.9 Å². The monoisotopic (exact) mass is 698 g/mol. The summed E-state index contributed by atoms with van der Waals surface area (Å²) >= 11 is 0. The van der Waals surface area contributed by atoms with E-state index in [0.717, 1.165) is 42.5 Å². The Balaban J connectivity index is 0.000000468. The molecule has 0 aliphatic rings. The van der Waals surface area contributed by atoms with Crippen molar-refractivity contribution in [3.8, 4) is 34.6 Å². The van der Waals surface area contributed by atoms with Crippen LogP contribution in [-0.4, -0.2) is 32.8 Å². The van der Waals surface area contributed by atoms with Crippen LogP contribution in [0.4, 0.5) is 28.4 Å². The van der Waals surface area contributed by atoms with Gasteiger partial charge in [0.05, 0.1) is 38.3 Å². The van der Waals surface area contributed by atoms with Crippen LogP contribution in [0, 0.1) is 17.0 Å². The van der Waals surface area contributed by atoms with Crippen LogP contribution in [0.2, 0.25) is 0 Å². The molecule has 0 fully saturated rings. The van der Waals surface area contributed by atoms with E-state index in [2.05, 4.69) is 25.6 Å². The molecule has 1 radical (unpaired) electrons. The van der Waals surface area contributed by atoms with Crippen molar-refractivity contribution in [1.29, 1.82) is 0 Å². The smallest absolute Gasteiger partial charge is 0.871 e. The molecule has 19 heteroatoms. The molecule has 47 heavy (non-hydrogen) atoms. The van der Waals surface area contributed by atoms with Gasteiger partial charge in [-0.2, -0.15) is 20.4 Å². The van der Waals surface area contributed by atoms with Gasteiger partial charge < -0.3 is 30.1 Å². The molecule has 1 aromatic heterocycles. The van der Waals surface area contributed by atoms with E-state index in [1.807, 2.05) is 6.07 Å². The number of azo groups is 2. The second-order valence-electron chi connectivity index (χ2n) is 9.03. The van der Waals surface area contributed by atoms with Crippen LogP contribution in [0.15, 0.2) is 110 Å². The largest absolute Gasteiger partial charge is 3.00 e. The summed E-state index contributed by atoms with van der Waals surface area (Å²) in [6, 6.07) is 17.7. The van der Waals surface area contributed by atoms with Crippen molar-refractivity contribution in [2.75, 3.05) is 0 Å². The van der Waals surface area contributed by atoms with Gasteiger partial charge in [0.1, 0.15) is 21.6 Å². The minimum atomic E-state index is -4.72. The predicted molar refractivity (Wildman–Crippen MR) is 152 cm³/mol. The molecule has 5 aromatic rings. The van der Waals surface area contributed by atoms with Gasteiger partial charge in [0.25, 0.3) is 5.69 Å². The summed E-state index contributed by atoms with van der Waals surface area (Å²) in [6.07, 6.45) is 0. The Morgan fingerprint density at radius 1 is 0.787 bits per heavy atom. The fourth-order valence-corrected chi connectivity index (χ4v) is 4.07. The summed E-state index contributed by atoms with van der Waals surface area (Å²) in [5.41, 5.74) is -0.183. The Bertz CT molecular complexity index is 2100. The summed E-state index contributed by atoms with van der Waals surface area (Å²) in [5.74, 6) is -2.56. The van der Waals surface area contributed by atoms with Gasteiger partial charge in [-0.3, -0.25) is 10.1 Å². The zero-order valence-electron chi connectivity index (χ0n) is 25.7. The maximum Gasteiger partial charge on any atom is 3.00 e. The minimum absolute atomic E-state index is 0. The number of hydrogen-bond acceptors (Lipinski definition) is 15. The second kappa shape index (κ2) is 14.9. The van der Waals surface area contributed by atoms with Crippen LogP contribution < -0.4 is 20.4 Å². The summed E-state index contributed by atoms with van der Waals surface area (Å²) in [7, 11) is -4.72. The number of phenolic OH excluding ortho intramolecular Hbond substituents is 1. The summed E-state index contributed by atoms with van der Waals surface area (Å²) in [5, 5.41) is 85.5. The van der Waals surface area contributed by atoms with Crippen LogP contribution in [0.25, 0.3) is 5.69 Å². The van der Waals surface area contributed by atoms with Crippen LogP contribution in [0.1, 0.15) is 8.55 Å². The molecule has 0 saturated heterocycles. The van der Waals surface area contributed by atoms with Crippen molar-refractivity contribution in [3.05, 3.63) is 101 Å². The number of nitro groups is 1. The Morgan fingerprint density at radius 2 is 1.38 bits per heavy atom. The van der Waals surface area contributed by atoms with E-state index >= 15 is 0 Å². The molecule has 0 bridgehead atoms. The van der Waals surface area contributed by atoms with Gasteiger partial charge in [-0.1, -0.05) is 47.6 Å². The number of para-hydroxylation sites is 1. The number of aromatic nitrogens is 2. The number of phenols is 1. The normalized spacial score (nSPS) is 11.2. The van der Waals surface area contributed by atoms with E-state index in [9.17, 15) is 43.5 Å². The Labute approximate surface area is 279 Å². The van der Waals surface area contributed by atoms with E-state index < -0.39 is 43.1 Å². The first-order valence-corrected chi connectivity index (χ1v) is 14.0. The molecule has 1 N–H and O–H groups in total. The fourth-order valence-electron chi connectivity index (χ4n) is 3.58. The number of aryl methyl sites for hydroxylation is 1. The van der Waals surface area contributed by atoms with Gasteiger partial charge in [0.15, 0.2) is 0 Å².